The van der Waals surface area contributed by atoms with Crippen molar-refractivity contribution < 1.29 is 29.3 Å². The van der Waals surface area contributed by atoms with E-state index in [1.165, 1.54) is 12.5 Å². The number of aliphatic hydroxyl groups is 2. The number of rotatable bonds is 8. The number of aliphatic hydroxyl groups excluding tert-OH is 1. The average Bonchev–Trinajstić information content (AvgIpc) is 3.07. The molecule has 10 atom stereocenters. The Morgan fingerprint density at radius 3 is 2.54 bits per heavy atom. The molecular weight excluding hydrogens is 468 g/mol. The summed E-state index contributed by atoms with van der Waals surface area (Å²) in [6.45, 7) is 13.8. The van der Waals surface area contributed by atoms with Gasteiger partial charge >= 0.3 is 5.97 Å². The van der Waals surface area contributed by atoms with E-state index >= 15 is 0 Å². The van der Waals surface area contributed by atoms with Crippen molar-refractivity contribution in [2.75, 3.05) is 0 Å². The van der Waals surface area contributed by atoms with Crippen LogP contribution in [0, 0.1) is 40.4 Å². The van der Waals surface area contributed by atoms with Crippen molar-refractivity contribution in [1.82, 2.24) is 0 Å². The van der Waals surface area contributed by atoms with Crippen LogP contribution in [0.2, 0.25) is 0 Å². The van der Waals surface area contributed by atoms with E-state index in [9.17, 15) is 19.8 Å². The third kappa shape index (κ3) is 5.10. The molecule has 208 valence electrons. The highest BCUT2D eigenvalue weighted by Gasteiger charge is 2.69. The number of fused-ring (bicyclic) bond motifs is 5. The minimum atomic E-state index is -1.04. The van der Waals surface area contributed by atoms with Crippen LogP contribution in [0.15, 0.2) is 23.8 Å². The Morgan fingerprint density at radius 1 is 1.22 bits per heavy atom. The highest BCUT2D eigenvalue weighted by atomic mass is 16.6. The number of carbonyl (C=O) groups is 2. The zero-order chi connectivity index (χ0) is 27.3. The van der Waals surface area contributed by atoms with Gasteiger partial charge in [-0.05, 0) is 81.8 Å². The van der Waals surface area contributed by atoms with Gasteiger partial charge in [0.05, 0.1) is 11.7 Å². The first kappa shape index (κ1) is 28.5. The lowest BCUT2D eigenvalue weighted by molar-refractivity contribution is -0.210. The lowest BCUT2D eigenvalue weighted by Crippen LogP contribution is -2.60. The number of ketones is 1. The van der Waals surface area contributed by atoms with Gasteiger partial charge in [-0.1, -0.05) is 52.2 Å². The summed E-state index contributed by atoms with van der Waals surface area (Å²) in [5.74, 6) is 0.719. The van der Waals surface area contributed by atoms with Gasteiger partial charge in [0.2, 0.25) is 0 Å². The van der Waals surface area contributed by atoms with E-state index in [-0.39, 0.29) is 47.1 Å². The molecule has 0 bridgehead atoms. The fourth-order valence-electron chi connectivity index (χ4n) is 9.00. The Kier molecular flexibility index (Phi) is 7.89. The Morgan fingerprint density at radius 2 is 1.92 bits per heavy atom. The minimum absolute atomic E-state index is 0.0480. The van der Waals surface area contributed by atoms with E-state index in [0.29, 0.717) is 31.1 Å². The molecule has 0 aromatic carbocycles. The number of hydrogen-bond donors (Lipinski definition) is 2. The molecule has 4 rings (SSSR count). The monoisotopic (exact) mass is 516 g/mol. The van der Waals surface area contributed by atoms with Gasteiger partial charge in [-0.25, -0.2) is 0 Å². The van der Waals surface area contributed by atoms with Gasteiger partial charge in [-0.15, -0.1) is 0 Å². The largest absolute Gasteiger partial charge is 0.462 e. The molecule has 0 radical (unpaired) electrons. The molecule has 0 amide bonds. The normalized spacial score (nSPS) is 41.4. The first-order valence-corrected chi connectivity index (χ1v) is 14.4. The number of esters is 1. The first-order chi connectivity index (χ1) is 17.2. The molecule has 3 saturated carbocycles. The summed E-state index contributed by atoms with van der Waals surface area (Å²) in [7, 11) is 0. The van der Waals surface area contributed by atoms with Gasteiger partial charge < -0.3 is 19.7 Å². The molecular formula is C31H48O6. The van der Waals surface area contributed by atoms with Crippen LogP contribution < -0.4 is 0 Å². The molecule has 0 heterocycles. The molecule has 4 unspecified atom stereocenters. The van der Waals surface area contributed by atoms with Crippen molar-refractivity contribution in [1.29, 1.82) is 0 Å². The van der Waals surface area contributed by atoms with Crippen molar-refractivity contribution in [2.45, 2.75) is 118 Å². The molecule has 2 N–H and O–H groups in total. The highest BCUT2D eigenvalue weighted by molar-refractivity contribution is 6.01. The van der Waals surface area contributed by atoms with Crippen molar-refractivity contribution >= 4 is 11.8 Å². The number of hydrogen-bond acceptors (Lipinski definition) is 6. The van der Waals surface area contributed by atoms with Crippen LogP contribution in [0.5, 0.6) is 0 Å². The summed E-state index contributed by atoms with van der Waals surface area (Å²) in [5, 5.41) is 22.4. The summed E-state index contributed by atoms with van der Waals surface area (Å²) >= 11 is 0. The molecule has 0 saturated heterocycles. The van der Waals surface area contributed by atoms with Crippen LogP contribution in [0.25, 0.3) is 0 Å². The zero-order valence-corrected chi connectivity index (χ0v) is 23.8. The van der Waals surface area contributed by atoms with Crippen LogP contribution in [-0.4, -0.2) is 46.1 Å². The fourth-order valence-corrected chi connectivity index (χ4v) is 9.00. The molecule has 0 aromatic heterocycles. The van der Waals surface area contributed by atoms with Crippen LogP contribution in [-0.2, 0) is 19.1 Å². The lowest BCUT2D eigenvalue weighted by atomic mass is 9.46. The smallest absolute Gasteiger partial charge is 0.302 e. The molecule has 0 aliphatic heterocycles. The van der Waals surface area contributed by atoms with Crippen LogP contribution >= 0.6 is 0 Å². The number of carbonyl (C=O) groups excluding carboxylic acids is 2. The van der Waals surface area contributed by atoms with Gasteiger partial charge in [0.15, 0.2) is 12.1 Å². The second-order valence-electron chi connectivity index (χ2n) is 13.4. The van der Waals surface area contributed by atoms with Gasteiger partial charge in [0, 0.05) is 23.7 Å². The van der Waals surface area contributed by atoms with Crippen molar-refractivity contribution in [2.24, 2.45) is 40.4 Å². The summed E-state index contributed by atoms with van der Waals surface area (Å²) in [6.07, 6.45) is 9.69. The topological polar surface area (TPSA) is 93.1 Å². The van der Waals surface area contributed by atoms with E-state index < -0.39 is 17.3 Å². The molecule has 0 spiro atoms. The van der Waals surface area contributed by atoms with E-state index in [0.717, 1.165) is 25.7 Å². The third-order valence-corrected chi connectivity index (χ3v) is 10.5. The molecule has 0 aromatic rings. The summed E-state index contributed by atoms with van der Waals surface area (Å²) in [4.78, 5) is 24.6. The van der Waals surface area contributed by atoms with Crippen LogP contribution in [0.1, 0.15) is 93.4 Å². The lowest BCUT2D eigenvalue weighted by Gasteiger charge is -2.60. The van der Waals surface area contributed by atoms with Gasteiger partial charge in [0.25, 0.3) is 0 Å². The Balaban J connectivity index is 1.77. The van der Waals surface area contributed by atoms with Crippen molar-refractivity contribution in [3.63, 3.8) is 0 Å². The van der Waals surface area contributed by atoms with Crippen molar-refractivity contribution in [3.8, 4) is 0 Å². The SMILES string of the molecule is CC(=O)O[C@@H]1CC2C(CCC3=CC(=O)C=C[C@@]32C)C2C[C@H](OC(C)O)[C@H]([C@@](C)(O)CCCC(C)C)[C@]21C. The minimum Gasteiger partial charge on any atom is -0.462 e. The molecule has 37 heavy (non-hydrogen) atoms. The van der Waals surface area contributed by atoms with E-state index in [1.807, 2.05) is 6.92 Å². The maximum Gasteiger partial charge on any atom is 0.302 e. The fraction of sp³-hybridized carbons (Fsp3) is 0.806. The second-order valence-corrected chi connectivity index (χ2v) is 13.4. The molecule has 4 aliphatic rings. The van der Waals surface area contributed by atoms with E-state index in [4.69, 9.17) is 9.47 Å². The van der Waals surface area contributed by atoms with Gasteiger partial charge in [-0.3, -0.25) is 9.59 Å². The zero-order valence-electron chi connectivity index (χ0n) is 23.8. The number of ether oxygens (including phenoxy) is 2. The molecule has 4 aliphatic carbocycles. The molecule has 6 heteroatoms. The Bertz CT molecular complexity index is 947. The van der Waals surface area contributed by atoms with Gasteiger partial charge in [-0.2, -0.15) is 0 Å². The average molecular weight is 517 g/mol. The molecule has 3 fully saturated rings. The standard InChI is InChI=1S/C31H48O6/c1-18(2)9-8-13-30(6,35)28-26(36-19(3)32)16-25-23-11-10-21-15-22(34)12-14-29(21,5)24(23)17-27(31(25,28)7)37-20(4)33/h12,14-15,18-19,23-28,32,35H,8-11,13,16-17H2,1-7H3/t19?,23?,24?,25?,26-,27+,28+,29-,30-,31+/m0/s1. The quantitative estimate of drug-likeness (QED) is 0.333. The highest BCUT2D eigenvalue weighted by Crippen LogP contribution is 2.68. The maximum absolute atomic E-state index is 12.4. The number of allylic oxidation sites excluding steroid dienone is 4. The van der Waals surface area contributed by atoms with E-state index in [1.54, 1.807) is 19.1 Å². The van der Waals surface area contributed by atoms with Crippen molar-refractivity contribution in [3.05, 3.63) is 23.8 Å². The van der Waals surface area contributed by atoms with Crippen LogP contribution in [0.3, 0.4) is 0 Å². The summed E-state index contributed by atoms with van der Waals surface area (Å²) in [5.41, 5.74) is -0.614. The third-order valence-electron chi connectivity index (χ3n) is 10.5. The van der Waals surface area contributed by atoms with Crippen LogP contribution in [0.4, 0.5) is 0 Å². The predicted molar refractivity (Wildman–Crippen MR) is 142 cm³/mol. The predicted octanol–water partition coefficient (Wildman–Crippen LogP) is 5.36. The first-order valence-electron chi connectivity index (χ1n) is 14.4. The molecule has 6 nitrogen and oxygen atoms in total. The van der Waals surface area contributed by atoms with Gasteiger partial charge in [0.1, 0.15) is 6.10 Å². The summed E-state index contributed by atoms with van der Waals surface area (Å²) < 4.78 is 12.3. The summed E-state index contributed by atoms with van der Waals surface area (Å²) in [6, 6.07) is 0. The second kappa shape index (κ2) is 10.2. The van der Waals surface area contributed by atoms with E-state index in [2.05, 4.69) is 33.8 Å². The Labute approximate surface area is 222 Å². The Hall–Kier alpha value is -1.50. The maximum atomic E-state index is 12.4.